The minimum Gasteiger partial charge on any atom is -0.373 e. The van der Waals surface area contributed by atoms with Crippen molar-refractivity contribution in [3.05, 3.63) is 23.9 Å². The first-order valence-corrected chi connectivity index (χ1v) is 6.58. The van der Waals surface area contributed by atoms with E-state index < -0.39 is 0 Å². The Bertz CT molecular complexity index is 344. The molecule has 4 nitrogen and oxygen atoms in total. The van der Waals surface area contributed by atoms with Crippen LogP contribution >= 0.6 is 11.8 Å². The van der Waals surface area contributed by atoms with Crippen molar-refractivity contribution in [3.63, 3.8) is 0 Å². The lowest BCUT2D eigenvalue weighted by Gasteiger charge is -2.05. The summed E-state index contributed by atoms with van der Waals surface area (Å²) in [4.78, 5) is 15.8. The quantitative estimate of drug-likeness (QED) is 0.740. The average Bonchev–Trinajstić information content (AvgIpc) is 2.34. The zero-order valence-corrected chi connectivity index (χ0v) is 10.4. The highest BCUT2D eigenvalue weighted by Crippen LogP contribution is 2.05. The first-order valence-electron chi connectivity index (χ1n) is 5.19. The van der Waals surface area contributed by atoms with Crippen LogP contribution in [-0.4, -0.2) is 36.5 Å². The van der Waals surface area contributed by atoms with Crippen LogP contribution in [0.5, 0.6) is 0 Å². The first kappa shape index (κ1) is 12.8. The Morgan fingerprint density at radius 3 is 3.06 bits per heavy atom. The fourth-order valence-electron chi connectivity index (χ4n) is 1.23. The average molecular weight is 239 g/mol. The predicted molar refractivity (Wildman–Crippen MR) is 69.1 cm³/mol. The van der Waals surface area contributed by atoms with Crippen LogP contribution in [0.2, 0.25) is 0 Å². The van der Waals surface area contributed by atoms with Crippen LogP contribution in [0, 0.1) is 0 Å². The number of carbonyl (C=O) groups excluding carboxylic acids is 1. The maximum Gasteiger partial charge on any atom is 0.251 e. The van der Waals surface area contributed by atoms with Crippen molar-refractivity contribution in [1.29, 1.82) is 0 Å². The molecule has 2 N–H and O–H groups in total. The molecule has 1 amide bonds. The van der Waals surface area contributed by atoms with Crippen LogP contribution in [0.15, 0.2) is 18.3 Å². The van der Waals surface area contributed by atoms with Crippen molar-refractivity contribution < 1.29 is 4.79 Å². The lowest BCUT2D eigenvalue weighted by Crippen LogP contribution is -2.24. The molecule has 0 saturated carbocycles. The third-order valence-corrected chi connectivity index (χ3v) is 2.79. The number of carbonyl (C=O) groups is 1. The fourth-order valence-corrected chi connectivity index (χ4v) is 1.66. The van der Waals surface area contributed by atoms with Crippen LogP contribution in [-0.2, 0) is 0 Å². The van der Waals surface area contributed by atoms with Crippen molar-refractivity contribution in [2.24, 2.45) is 0 Å². The standard InChI is InChI=1S/C11H17N3OS/c1-12-10-8-9(4-6-13-10)11(15)14-5-3-7-16-2/h4,6,8H,3,5,7H2,1-2H3,(H,12,13)(H,14,15). The molecule has 0 spiro atoms. The van der Waals surface area contributed by atoms with Gasteiger partial charge in [-0.1, -0.05) is 0 Å². The van der Waals surface area contributed by atoms with E-state index in [4.69, 9.17) is 0 Å². The molecule has 0 aliphatic rings. The maximum absolute atomic E-state index is 11.7. The van der Waals surface area contributed by atoms with Crippen LogP contribution in [0.25, 0.3) is 0 Å². The molecule has 0 radical (unpaired) electrons. The van der Waals surface area contributed by atoms with E-state index >= 15 is 0 Å². The predicted octanol–water partition coefficient (Wildman–Crippen LogP) is 1.61. The maximum atomic E-state index is 11.7. The van der Waals surface area contributed by atoms with Gasteiger partial charge < -0.3 is 10.6 Å². The number of pyridine rings is 1. The van der Waals surface area contributed by atoms with E-state index in [0.29, 0.717) is 11.4 Å². The smallest absolute Gasteiger partial charge is 0.251 e. The topological polar surface area (TPSA) is 54.0 Å². The van der Waals surface area contributed by atoms with E-state index in [1.54, 1.807) is 37.1 Å². The summed E-state index contributed by atoms with van der Waals surface area (Å²) in [5.41, 5.74) is 0.642. The van der Waals surface area contributed by atoms with Gasteiger partial charge in [-0.05, 0) is 30.6 Å². The molecule has 1 heterocycles. The normalized spacial score (nSPS) is 9.88. The van der Waals surface area contributed by atoms with Crippen molar-refractivity contribution in [1.82, 2.24) is 10.3 Å². The van der Waals surface area contributed by atoms with Crippen molar-refractivity contribution in [2.75, 3.05) is 30.9 Å². The molecular weight excluding hydrogens is 222 g/mol. The lowest BCUT2D eigenvalue weighted by atomic mass is 10.2. The monoisotopic (exact) mass is 239 g/mol. The van der Waals surface area contributed by atoms with Crippen LogP contribution in [0.1, 0.15) is 16.8 Å². The number of nitrogens with one attached hydrogen (secondary N) is 2. The Morgan fingerprint density at radius 2 is 2.38 bits per heavy atom. The van der Waals surface area contributed by atoms with Gasteiger partial charge >= 0.3 is 0 Å². The number of hydrogen-bond donors (Lipinski definition) is 2. The van der Waals surface area contributed by atoms with Crippen LogP contribution < -0.4 is 10.6 Å². The van der Waals surface area contributed by atoms with Gasteiger partial charge in [-0.2, -0.15) is 11.8 Å². The summed E-state index contributed by atoms with van der Waals surface area (Å²) in [6.07, 6.45) is 4.68. The second kappa shape index (κ2) is 7.11. The number of aromatic nitrogens is 1. The minimum atomic E-state index is -0.0417. The zero-order valence-electron chi connectivity index (χ0n) is 9.62. The van der Waals surface area contributed by atoms with Gasteiger partial charge in [0.15, 0.2) is 0 Å². The molecular formula is C11H17N3OS. The lowest BCUT2D eigenvalue weighted by molar-refractivity contribution is 0.0953. The molecule has 0 saturated heterocycles. The molecule has 0 bridgehead atoms. The van der Waals surface area contributed by atoms with Gasteiger partial charge in [-0.25, -0.2) is 4.98 Å². The first-order chi connectivity index (χ1) is 7.77. The van der Waals surface area contributed by atoms with E-state index in [0.717, 1.165) is 18.7 Å². The molecule has 0 aliphatic carbocycles. The second-order valence-electron chi connectivity index (χ2n) is 3.28. The highest BCUT2D eigenvalue weighted by molar-refractivity contribution is 7.98. The SMILES string of the molecule is CNc1cc(C(=O)NCCCSC)ccn1. The molecule has 1 rings (SSSR count). The van der Waals surface area contributed by atoms with E-state index in [1.807, 2.05) is 0 Å². The Morgan fingerprint density at radius 1 is 1.56 bits per heavy atom. The van der Waals surface area contributed by atoms with E-state index in [1.165, 1.54) is 0 Å². The molecule has 0 aromatic carbocycles. The number of rotatable bonds is 6. The van der Waals surface area contributed by atoms with Crippen molar-refractivity contribution >= 4 is 23.5 Å². The molecule has 0 aliphatic heterocycles. The van der Waals surface area contributed by atoms with Gasteiger partial charge in [0, 0.05) is 25.4 Å². The molecule has 1 aromatic rings. The number of nitrogens with zero attached hydrogens (tertiary/aromatic N) is 1. The molecule has 88 valence electrons. The Balaban J connectivity index is 2.46. The summed E-state index contributed by atoms with van der Waals surface area (Å²) in [5.74, 6) is 1.73. The summed E-state index contributed by atoms with van der Waals surface area (Å²) < 4.78 is 0. The largest absolute Gasteiger partial charge is 0.373 e. The summed E-state index contributed by atoms with van der Waals surface area (Å²) in [6, 6.07) is 3.45. The third-order valence-electron chi connectivity index (χ3n) is 2.09. The third kappa shape index (κ3) is 4.10. The molecule has 1 aromatic heterocycles. The minimum absolute atomic E-state index is 0.0417. The van der Waals surface area contributed by atoms with E-state index in [9.17, 15) is 4.79 Å². The van der Waals surface area contributed by atoms with Gasteiger partial charge in [0.25, 0.3) is 5.91 Å². The number of thioether (sulfide) groups is 1. The summed E-state index contributed by atoms with van der Waals surface area (Å²) in [7, 11) is 1.78. The molecule has 5 heteroatoms. The zero-order chi connectivity index (χ0) is 11.8. The Kier molecular flexibility index (Phi) is 5.71. The van der Waals surface area contributed by atoms with Crippen LogP contribution in [0.3, 0.4) is 0 Å². The molecule has 16 heavy (non-hydrogen) atoms. The van der Waals surface area contributed by atoms with Crippen LogP contribution in [0.4, 0.5) is 5.82 Å². The van der Waals surface area contributed by atoms with Gasteiger partial charge in [0.1, 0.15) is 5.82 Å². The highest BCUT2D eigenvalue weighted by Gasteiger charge is 2.05. The van der Waals surface area contributed by atoms with E-state index in [2.05, 4.69) is 21.9 Å². The molecule has 0 atom stereocenters. The summed E-state index contributed by atoms with van der Waals surface area (Å²) in [6.45, 7) is 0.719. The van der Waals surface area contributed by atoms with E-state index in [-0.39, 0.29) is 5.91 Å². The van der Waals surface area contributed by atoms with Gasteiger partial charge in [0.05, 0.1) is 0 Å². The fraction of sp³-hybridized carbons (Fsp3) is 0.455. The summed E-state index contributed by atoms with van der Waals surface area (Å²) in [5, 5.41) is 5.78. The second-order valence-corrected chi connectivity index (χ2v) is 4.27. The number of hydrogen-bond acceptors (Lipinski definition) is 4. The highest BCUT2D eigenvalue weighted by atomic mass is 32.2. The van der Waals surface area contributed by atoms with Gasteiger partial charge in [-0.3, -0.25) is 4.79 Å². The number of amides is 1. The molecule has 0 fully saturated rings. The number of anilines is 1. The van der Waals surface area contributed by atoms with Gasteiger partial charge in [0.2, 0.25) is 0 Å². The van der Waals surface area contributed by atoms with Gasteiger partial charge in [-0.15, -0.1) is 0 Å². The molecule has 0 unspecified atom stereocenters. The Labute approximate surface area is 100 Å². The summed E-state index contributed by atoms with van der Waals surface area (Å²) >= 11 is 1.78. The van der Waals surface area contributed by atoms with Crippen molar-refractivity contribution in [2.45, 2.75) is 6.42 Å². The Hall–Kier alpha value is -1.23. The van der Waals surface area contributed by atoms with Crippen molar-refractivity contribution in [3.8, 4) is 0 Å².